The Kier molecular flexibility index (Phi) is 3.61. The molecule has 1 saturated heterocycles. The van der Waals surface area contributed by atoms with Crippen molar-refractivity contribution in [3.63, 3.8) is 0 Å². The van der Waals surface area contributed by atoms with Gasteiger partial charge in [0.25, 0.3) is 0 Å². The van der Waals surface area contributed by atoms with Gasteiger partial charge in [-0.3, -0.25) is 0 Å². The van der Waals surface area contributed by atoms with Crippen LogP contribution in [0.1, 0.15) is 30.1 Å². The van der Waals surface area contributed by atoms with Crippen LogP contribution in [-0.4, -0.2) is 29.8 Å². The Morgan fingerprint density at radius 2 is 2.37 bits per heavy atom. The van der Waals surface area contributed by atoms with Crippen molar-refractivity contribution in [1.29, 1.82) is 0 Å². The van der Waals surface area contributed by atoms with E-state index in [1.54, 1.807) is 0 Å². The zero-order valence-corrected chi connectivity index (χ0v) is 10.7. The number of ether oxygens (including phenoxy) is 1. The van der Waals surface area contributed by atoms with Crippen LogP contribution in [0.5, 0.6) is 0 Å². The second kappa shape index (κ2) is 5.05. The van der Waals surface area contributed by atoms with Crippen LogP contribution in [0.3, 0.4) is 0 Å². The van der Waals surface area contributed by atoms with Gasteiger partial charge in [-0.05, 0) is 31.9 Å². The zero-order valence-electron chi connectivity index (χ0n) is 10.7. The molecule has 6 heteroatoms. The standard InChI is InChI=1S/C13H17FN2O3/c1-13(5-2-6-19-13)7-16-9-4-3-8(14)11(15)10(9)12(17)18/h3-4,16H,2,5-7,15H2,1H3,(H,17,18). The molecule has 0 bridgehead atoms. The average Bonchev–Trinajstić information content (AvgIpc) is 2.78. The largest absolute Gasteiger partial charge is 0.478 e. The van der Waals surface area contributed by atoms with Gasteiger partial charge in [0.1, 0.15) is 11.4 Å². The van der Waals surface area contributed by atoms with Crippen LogP contribution in [0.2, 0.25) is 0 Å². The zero-order chi connectivity index (χ0) is 14.0. The predicted octanol–water partition coefficient (Wildman–Crippen LogP) is 2.09. The van der Waals surface area contributed by atoms with Gasteiger partial charge in [0.05, 0.1) is 17.0 Å². The van der Waals surface area contributed by atoms with E-state index in [0.29, 0.717) is 18.8 Å². The van der Waals surface area contributed by atoms with Gasteiger partial charge in [-0.1, -0.05) is 0 Å². The summed E-state index contributed by atoms with van der Waals surface area (Å²) in [5.41, 5.74) is 4.88. The smallest absolute Gasteiger partial charge is 0.340 e. The Bertz CT molecular complexity index is 499. The summed E-state index contributed by atoms with van der Waals surface area (Å²) < 4.78 is 18.9. The summed E-state index contributed by atoms with van der Waals surface area (Å²) in [6.07, 6.45) is 1.88. The van der Waals surface area contributed by atoms with Crippen molar-refractivity contribution in [2.75, 3.05) is 24.2 Å². The first-order valence-corrected chi connectivity index (χ1v) is 6.12. The number of carboxylic acids is 1. The third-order valence-electron chi connectivity index (χ3n) is 3.36. The van der Waals surface area contributed by atoms with Gasteiger partial charge in [0.15, 0.2) is 0 Å². The molecule has 0 radical (unpaired) electrons. The van der Waals surface area contributed by atoms with Gasteiger partial charge in [-0.2, -0.15) is 0 Å². The summed E-state index contributed by atoms with van der Waals surface area (Å²) in [6, 6.07) is 2.54. The fraction of sp³-hybridized carbons (Fsp3) is 0.462. The molecule has 0 aliphatic carbocycles. The van der Waals surface area contributed by atoms with Crippen LogP contribution in [0.4, 0.5) is 15.8 Å². The second-order valence-electron chi connectivity index (χ2n) is 4.94. The Morgan fingerprint density at radius 1 is 1.63 bits per heavy atom. The number of benzene rings is 1. The molecule has 0 spiro atoms. The van der Waals surface area contributed by atoms with Crippen LogP contribution in [-0.2, 0) is 4.74 Å². The Balaban J connectivity index is 2.20. The number of anilines is 2. The van der Waals surface area contributed by atoms with Crippen molar-refractivity contribution in [1.82, 2.24) is 0 Å². The maximum Gasteiger partial charge on any atom is 0.340 e. The van der Waals surface area contributed by atoms with Crippen molar-refractivity contribution in [3.05, 3.63) is 23.5 Å². The van der Waals surface area contributed by atoms with E-state index in [0.717, 1.165) is 18.9 Å². The summed E-state index contributed by atoms with van der Waals surface area (Å²) in [5.74, 6) is -1.98. The van der Waals surface area contributed by atoms with Gasteiger partial charge < -0.3 is 20.9 Å². The molecule has 19 heavy (non-hydrogen) atoms. The summed E-state index contributed by atoms with van der Waals surface area (Å²) in [5, 5.41) is 12.1. The average molecular weight is 268 g/mol. The molecule has 1 atom stereocenters. The van der Waals surface area contributed by atoms with E-state index in [9.17, 15) is 9.18 Å². The maximum atomic E-state index is 13.3. The number of aromatic carboxylic acids is 1. The summed E-state index contributed by atoms with van der Waals surface area (Å²) in [6.45, 7) is 3.12. The SMILES string of the molecule is CC1(CNc2ccc(F)c(N)c2C(=O)O)CCCO1. The molecule has 1 aromatic rings. The Labute approximate surface area is 110 Å². The highest BCUT2D eigenvalue weighted by Crippen LogP contribution is 2.28. The first-order valence-electron chi connectivity index (χ1n) is 6.12. The van der Waals surface area contributed by atoms with Crippen LogP contribution in [0, 0.1) is 5.82 Å². The summed E-state index contributed by atoms with van der Waals surface area (Å²) in [7, 11) is 0. The maximum absolute atomic E-state index is 13.3. The molecule has 5 nitrogen and oxygen atoms in total. The van der Waals surface area contributed by atoms with Crippen LogP contribution < -0.4 is 11.1 Å². The quantitative estimate of drug-likeness (QED) is 0.728. The van der Waals surface area contributed by atoms with Crippen molar-refractivity contribution in [2.45, 2.75) is 25.4 Å². The lowest BCUT2D eigenvalue weighted by Gasteiger charge is -2.24. The second-order valence-corrected chi connectivity index (χ2v) is 4.94. The van der Waals surface area contributed by atoms with E-state index in [1.165, 1.54) is 6.07 Å². The van der Waals surface area contributed by atoms with E-state index in [1.807, 2.05) is 6.92 Å². The highest BCUT2D eigenvalue weighted by molar-refractivity contribution is 6.00. The third-order valence-corrected chi connectivity index (χ3v) is 3.36. The highest BCUT2D eigenvalue weighted by atomic mass is 19.1. The van der Waals surface area contributed by atoms with Crippen molar-refractivity contribution >= 4 is 17.3 Å². The van der Waals surface area contributed by atoms with Crippen molar-refractivity contribution < 1.29 is 19.0 Å². The fourth-order valence-electron chi connectivity index (χ4n) is 2.23. The number of carboxylic acid groups (broad SMARTS) is 1. The Hall–Kier alpha value is -1.82. The van der Waals surface area contributed by atoms with E-state index in [2.05, 4.69) is 5.32 Å². The minimum atomic E-state index is -1.25. The number of halogens is 1. The van der Waals surface area contributed by atoms with Gasteiger partial charge in [0, 0.05) is 13.2 Å². The molecule has 0 saturated carbocycles. The van der Waals surface area contributed by atoms with Gasteiger partial charge in [-0.15, -0.1) is 0 Å². The molecule has 1 heterocycles. The Morgan fingerprint density at radius 3 is 2.95 bits per heavy atom. The van der Waals surface area contributed by atoms with E-state index >= 15 is 0 Å². The lowest BCUT2D eigenvalue weighted by Crippen LogP contribution is -2.33. The number of nitrogens with two attached hydrogens (primary N) is 1. The topological polar surface area (TPSA) is 84.6 Å². The lowest BCUT2D eigenvalue weighted by atomic mass is 10.0. The van der Waals surface area contributed by atoms with E-state index < -0.39 is 11.8 Å². The van der Waals surface area contributed by atoms with Gasteiger partial charge in [0.2, 0.25) is 0 Å². The van der Waals surface area contributed by atoms with E-state index in [4.69, 9.17) is 15.6 Å². The first kappa shape index (κ1) is 13.6. The predicted molar refractivity (Wildman–Crippen MR) is 69.9 cm³/mol. The van der Waals surface area contributed by atoms with E-state index in [-0.39, 0.29) is 16.9 Å². The van der Waals surface area contributed by atoms with Crippen LogP contribution in [0.25, 0.3) is 0 Å². The molecule has 104 valence electrons. The molecule has 1 aliphatic heterocycles. The van der Waals surface area contributed by atoms with Crippen LogP contribution in [0.15, 0.2) is 12.1 Å². The molecule has 0 amide bonds. The third kappa shape index (κ3) is 2.78. The number of hydrogen-bond donors (Lipinski definition) is 3. The molecule has 1 unspecified atom stereocenters. The van der Waals surface area contributed by atoms with Crippen molar-refractivity contribution in [3.8, 4) is 0 Å². The van der Waals surface area contributed by atoms with Crippen LogP contribution >= 0.6 is 0 Å². The number of hydrogen-bond acceptors (Lipinski definition) is 4. The monoisotopic (exact) mass is 268 g/mol. The number of carbonyl (C=O) groups is 1. The molecule has 2 rings (SSSR count). The lowest BCUT2D eigenvalue weighted by molar-refractivity contribution is 0.0314. The van der Waals surface area contributed by atoms with Gasteiger partial charge in [-0.25, -0.2) is 9.18 Å². The minimum Gasteiger partial charge on any atom is -0.478 e. The molecule has 1 aromatic carbocycles. The minimum absolute atomic E-state index is 0.235. The molecular weight excluding hydrogens is 251 g/mol. The molecule has 4 N–H and O–H groups in total. The molecular formula is C13H17FN2O3. The summed E-state index contributed by atoms with van der Waals surface area (Å²) >= 11 is 0. The molecule has 0 aromatic heterocycles. The molecule has 1 fully saturated rings. The summed E-state index contributed by atoms with van der Waals surface area (Å²) in [4.78, 5) is 11.2. The van der Waals surface area contributed by atoms with Crippen molar-refractivity contribution in [2.24, 2.45) is 0 Å². The number of nitrogen functional groups attached to an aromatic ring is 1. The first-order chi connectivity index (χ1) is 8.93. The highest BCUT2D eigenvalue weighted by Gasteiger charge is 2.30. The normalized spacial score (nSPS) is 22.4. The number of nitrogens with one attached hydrogen (secondary N) is 1. The fourth-order valence-corrected chi connectivity index (χ4v) is 2.23. The number of rotatable bonds is 4. The molecule has 1 aliphatic rings. The van der Waals surface area contributed by atoms with Gasteiger partial charge >= 0.3 is 5.97 Å².